The molecule has 13 heteroatoms. The van der Waals surface area contributed by atoms with Gasteiger partial charge in [0.15, 0.2) is 11.5 Å². The number of alkyl halides is 5. The summed E-state index contributed by atoms with van der Waals surface area (Å²) in [6.07, 6.45) is -1.18. The fourth-order valence-corrected chi connectivity index (χ4v) is 4.74. The number of nitrogens with zero attached hydrogens (tertiary/aromatic N) is 5. The molecule has 5 rings (SSSR count). The quantitative estimate of drug-likeness (QED) is 0.517. The summed E-state index contributed by atoms with van der Waals surface area (Å²) >= 11 is 0. The molecule has 1 saturated carbocycles. The molecule has 3 aromatic rings. The highest BCUT2D eigenvalue weighted by molar-refractivity contribution is 6.07. The average Bonchev–Trinajstić information content (AvgIpc) is 3.42. The van der Waals surface area contributed by atoms with Crippen LogP contribution in [0.2, 0.25) is 0 Å². The number of carbonyl (C=O) groups excluding carboxylic acids is 1. The zero-order valence-electron chi connectivity index (χ0n) is 18.0. The number of nitrogens with one attached hydrogen (secondary N) is 1. The van der Waals surface area contributed by atoms with Crippen LogP contribution in [0.15, 0.2) is 18.6 Å². The van der Waals surface area contributed by atoms with Crippen molar-refractivity contribution in [2.45, 2.75) is 56.5 Å². The van der Waals surface area contributed by atoms with E-state index in [9.17, 15) is 26.7 Å². The minimum Gasteiger partial charge on any atom is -0.383 e. The van der Waals surface area contributed by atoms with Gasteiger partial charge in [0.25, 0.3) is 0 Å². The van der Waals surface area contributed by atoms with Gasteiger partial charge >= 0.3 is 12.1 Å². The number of nitrogen functional groups attached to an aromatic ring is 1. The number of rotatable bonds is 6. The number of aryl methyl sites for hydroxylation is 1. The molecule has 8 nitrogen and oxygen atoms in total. The molecule has 1 unspecified atom stereocenters. The maximum atomic E-state index is 13.5. The maximum absolute atomic E-state index is 13.5. The predicted molar refractivity (Wildman–Crippen MR) is 111 cm³/mol. The van der Waals surface area contributed by atoms with E-state index in [1.807, 2.05) is 6.92 Å². The van der Waals surface area contributed by atoms with Gasteiger partial charge in [-0.05, 0) is 31.6 Å². The number of halogens is 5. The molecular formula is C21H20F5N7O. The molecule has 1 fully saturated rings. The van der Waals surface area contributed by atoms with Crippen molar-refractivity contribution in [2.75, 3.05) is 11.1 Å². The van der Waals surface area contributed by atoms with Gasteiger partial charge in [0.05, 0.1) is 16.7 Å². The Labute approximate surface area is 189 Å². The Morgan fingerprint density at radius 3 is 2.59 bits per heavy atom. The van der Waals surface area contributed by atoms with Crippen molar-refractivity contribution >= 4 is 23.2 Å². The summed E-state index contributed by atoms with van der Waals surface area (Å²) in [5.41, 5.74) is 6.18. The van der Waals surface area contributed by atoms with Gasteiger partial charge in [-0.25, -0.2) is 19.9 Å². The third-order valence-corrected chi connectivity index (χ3v) is 6.62. The normalized spacial score (nSPS) is 20.6. The van der Waals surface area contributed by atoms with Crippen LogP contribution in [0.25, 0.3) is 17.2 Å². The van der Waals surface area contributed by atoms with E-state index in [2.05, 4.69) is 25.3 Å². The average molecular weight is 481 g/mol. The lowest BCUT2D eigenvalue weighted by atomic mass is 9.75. The summed E-state index contributed by atoms with van der Waals surface area (Å²) in [5.74, 6) is -4.54. The van der Waals surface area contributed by atoms with Crippen LogP contribution in [0, 0.1) is 5.92 Å². The SMILES string of the molecule is CCC1(C2CC2)C(=O)Nc2nc(-c3cn4ccnc4c(CCC(F)(F)C(F)(F)F)n3)nc(N)c21. The number of carbonyl (C=O) groups is 1. The van der Waals surface area contributed by atoms with E-state index in [0.717, 1.165) is 12.8 Å². The minimum atomic E-state index is -5.67. The minimum absolute atomic E-state index is 0.0127. The fraction of sp³-hybridized carbons (Fsp3) is 0.476. The summed E-state index contributed by atoms with van der Waals surface area (Å²) in [5, 5.41) is 2.78. The molecule has 4 heterocycles. The highest BCUT2D eigenvalue weighted by Gasteiger charge is 2.58. The van der Waals surface area contributed by atoms with Gasteiger partial charge in [-0.3, -0.25) is 4.79 Å². The number of nitrogens with two attached hydrogens (primary N) is 1. The molecule has 1 aliphatic carbocycles. The van der Waals surface area contributed by atoms with Crippen molar-refractivity contribution in [2.24, 2.45) is 5.92 Å². The molecule has 0 aromatic carbocycles. The van der Waals surface area contributed by atoms with Gasteiger partial charge in [-0.2, -0.15) is 22.0 Å². The van der Waals surface area contributed by atoms with Crippen LogP contribution >= 0.6 is 0 Å². The van der Waals surface area contributed by atoms with Crippen LogP contribution in [0.3, 0.4) is 0 Å². The third-order valence-electron chi connectivity index (χ3n) is 6.62. The van der Waals surface area contributed by atoms with E-state index in [-0.39, 0.29) is 46.3 Å². The summed E-state index contributed by atoms with van der Waals surface area (Å²) in [6.45, 7) is 1.90. The predicted octanol–water partition coefficient (Wildman–Crippen LogP) is 3.91. The van der Waals surface area contributed by atoms with E-state index >= 15 is 0 Å². The van der Waals surface area contributed by atoms with Crippen molar-refractivity contribution in [3.8, 4) is 11.5 Å². The molecule has 1 atom stereocenters. The van der Waals surface area contributed by atoms with Gasteiger partial charge < -0.3 is 15.5 Å². The fourth-order valence-electron chi connectivity index (χ4n) is 4.74. The second kappa shape index (κ2) is 7.31. The van der Waals surface area contributed by atoms with Crippen LogP contribution < -0.4 is 11.1 Å². The number of fused-ring (bicyclic) bond motifs is 2. The van der Waals surface area contributed by atoms with Crippen molar-refractivity contribution in [3.63, 3.8) is 0 Å². The first-order chi connectivity index (χ1) is 16.0. The Balaban J connectivity index is 1.56. The molecule has 1 amide bonds. The molecule has 2 aliphatic rings. The van der Waals surface area contributed by atoms with Crippen molar-refractivity contribution in [1.82, 2.24) is 24.3 Å². The van der Waals surface area contributed by atoms with Crippen LogP contribution in [0.5, 0.6) is 0 Å². The number of imidazole rings is 1. The van der Waals surface area contributed by atoms with Crippen molar-refractivity contribution in [1.29, 1.82) is 0 Å². The second-order valence-electron chi connectivity index (χ2n) is 8.64. The second-order valence-corrected chi connectivity index (χ2v) is 8.64. The van der Waals surface area contributed by atoms with Crippen LogP contribution in [0.1, 0.15) is 43.9 Å². The highest BCUT2D eigenvalue weighted by atomic mass is 19.4. The molecule has 0 saturated heterocycles. The first-order valence-corrected chi connectivity index (χ1v) is 10.7. The molecular weight excluding hydrogens is 461 g/mol. The zero-order chi connectivity index (χ0) is 24.5. The molecule has 3 aromatic heterocycles. The third kappa shape index (κ3) is 3.28. The monoisotopic (exact) mass is 481 g/mol. The Morgan fingerprint density at radius 1 is 1.21 bits per heavy atom. The summed E-state index contributed by atoms with van der Waals surface area (Å²) in [7, 11) is 0. The maximum Gasteiger partial charge on any atom is 0.453 e. The van der Waals surface area contributed by atoms with E-state index in [0.29, 0.717) is 12.0 Å². The van der Waals surface area contributed by atoms with E-state index in [1.165, 1.54) is 23.0 Å². The van der Waals surface area contributed by atoms with Gasteiger partial charge in [0, 0.05) is 25.0 Å². The smallest absolute Gasteiger partial charge is 0.383 e. The molecule has 1 aliphatic heterocycles. The number of anilines is 2. The topological polar surface area (TPSA) is 111 Å². The molecule has 0 spiro atoms. The molecule has 0 radical (unpaired) electrons. The Hall–Kier alpha value is -3.38. The summed E-state index contributed by atoms with van der Waals surface area (Å²) in [6, 6.07) is 0. The molecule has 0 bridgehead atoms. The highest BCUT2D eigenvalue weighted by Crippen LogP contribution is 2.55. The van der Waals surface area contributed by atoms with Gasteiger partial charge in [0.1, 0.15) is 17.3 Å². The Morgan fingerprint density at radius 2 is 1.94 bits per heavy atom. The van der Waals surface area contributed by atoms with E-state index < -0.39 is 30.4 Å². The summed E-state index contributed by atoms with van der Waals surface area (Å²) < 4.78 is 66.4. The number of aromatic nitrogens is 5. The van der Waals surface area contributed by atoms with Gasteiger partial charge in [-0.1, -0.05) is 6.92 Å². The molecule has 34 heavy (non-hydrogen) atoms. The largest absolute Gasteiger partial charge is 0.453 e. The lowest BCUT2D eigenvalue weighted by molar-refractivity contribution is -0.284. The number of amides is 1. The van der Waals surface area contributed by atoms with Crippen LogP contribution in [0.4, 0.5) is 33.6 Å². The first kappa shape index (κ1) is 22.4. The number of hydrogen-bond acceptors (Lipinski definition) is 6. The lowest BCUT2D eigenvalue weighted by Gasteiger charge is -2.26. The van der Waals surface area contributed by atoms with Crippen LogP contribution in [-0.4, -0.2) is 42.3 Å². The molecule has 180 valence electrons. The standard InChI is InChI=1S/C21H20F5N7O/c1-2-19(10-3-4-10)13-14(27)30-15(31-16(13)32-18(19)34)12-9-33-8-7-28-17(33)11(29-12)5-6-20(22,23)21(24,25)26/h7-10H,2-6H2,1H3,(H3,27,30,31,32,34). The van der Waals surface area contributed by atoms with Crippen LogP contribution in [-0.2, 0) is 16.6 Å². The van der Waals surface area contributed by atoms with Gasteiger partial charge in [-0.15, -0.1) is 0 Å². The van der Waals surface area contributed by atoms with Gasteiger partial charge in [0.2, 0.25) is 5.91 Å². The lowest BCUT2D eigenvalue weighted by Crippen LogP contribution is -2.36. The molecule has 3 N–H and O–H groups in total. The summed E-state index contributed by atoms with van der Waals surface area (Å²) in [4.78, 5) is 29.9. The Bertz CT molecular complexity index is 1300. The van der Waals surface area contributed by atoms with Crippen molar-refractivity contribution < 1.29 is 26.7 Å². The first-order valence-electron chi connectivity index (χ1n) is 10.7. The van der Waals surface area contributed by atoms with Crippen molar-refractivity contribution in [3.05, 3.63) is 29.8 Å². The van der Waals surface area contributed by atoms with E-state index in [1.54, 1.807) is 0 Å². The number of hydrogen-bond donors (Lipinski definition) is 2. The Kier molecular flexibility index (Phi) is 4.82. The van der Waals surface area contributed by atoms with E-state index in [4.69, 9.17) is 5.73 Å². The zero-order valence-corrected chi connectivity index (χ0v) is 18.0.